The number of halogens is 2. The summed E-state index contributed by atoms with van der Waals surface area (Å²) in [6.07, 6.45) is 4.67. The highest BCUT2D eigenvalue weighted by Gasteiger charge is 2.23. The first-order chi connectivity index (χ1) is 17.6. The van der Waals surface area contributed by atoms with E-state index in [9.17, 15) is 24.2 Å². The maximum Gasteiger partial charge on any atom is 0.275 e. The van der Waals surface area contributed by atoms with Gasteiger partial charge in [0.05, 0.1) is 22.4 Å². The largest absolute Gasteiger partial charge is 0.450 e. The lowest BCUT2D eigenvalue weighted by Gasteiger charge is -2.15. The Bertz CT molecular complexity index is 1510. The van der Waals surface area contributed by atoms with E-state index in [4.69, 9.17) is 9.47 Å². The van der Waals surface area contributed by atoms with Gasteiger partial charge in [-0.05, 0) is 29.8 Å². The molecule has 0 saturated heterocycles. The van der Waals surface area contributed by atoms with E-state index in [1.165, 1.54) is 18.5 Å². The van der Waals surface area contributed by atoms with E-state index in [2.05, 4.69) is 29.6 Å². The van der Waals surface area contributed by atoms with Gasteiger partial charge in [-0.15, -0.1) is 0 Å². The quantitative estimate of drug-likeness (QED) is 0.110. The first-order valence-corrected chi connectivity index (χ1v) is 15.0. The van der Waals surface area contributed by atoms with Gasteiger partial charge < -0.3 is 14.0 Å². The van der Waals surface area contributed by atoms with Gasteiger partial charge in [-0.3, -0.25) is 10.1 Å². The fourth-order valence-electron chi connectivity index (χ4n) is 3.65. The number of benzene rings is 1. The minimum atomic E-state index is -1.30. The molecule has 4 aromatic rings. The molecule has 37 heavy (non-hydrogen) atoms. The smallest absolute Gasteiger partial charge is 0.275 e. The second-order valence-electron chi connectivity index (χ2n) is 9.51. The van der Waals surface area contributed by atoms with Crippen LogP contribution in [0.25, 0.3) is 22.2 Å². The zero-order chi connectivity index (χ0) is 26.7. The van der Waals surface area contributed by atoms with Crippen LogP contribution in [-0.4, -0.2) is 34.1 Å². The van der Waals surface area contributed by atoms with E-state index in [-0.39, 0.29) is 18.2 Å². The maximum atomic E-state index is 14.6. The lowest BCUT2D eigenvalue weighted by atomic mass is 10.1. The van der Waals surface area contributed by atoms with Gasteiger partial charge in [0.25, 0.3) is 5.69 Å². The zero-order valence-electron chi connectivity index (χ0n) is 20.4. The van der Waals surface area contributed by atoms with Crippen molar-refractivity contribution in [1.82, 2.24) is 14.5 Å². The van der Waals surface area contributed by atoms with Crippen LogP contribution in [0, 0.1) is 33.1 Å². The molecular formula is C25H23F2N5O4Si. The molecule has 0 N–H and O–H groups in total. The molecule has 190 valence electrons. The Morgan fingerprint density at radius 1 is 1.14 bits per heavy atom. The number of hydrogen-bond donors (Lipinski definition) is 0. The Kier molecular flexibility index (Phi) is 7.28. The predicted octanol–water partition coefficient (Wildman–Crippen LogP) is 6.26. The van der Waals surface area contributed by atoms with E-state index in [0.29, 0.717) is 40.9 Å². The van der Waals surface area contributed by atoms with E-state index in [1.54, 1.807) is 22.9 Å². The van der Waals surface area contributed by atoms with Gasteiger partial charge in [-0.1, -0.05) is 19.6 Å². The number of pyridine rings is 2. The molecule has 4 rings (SSSR count). The number of fused-ring (bicyclic) bond motifs is 1. The van der Waals surface area contributed by atoms with Crippen molar-refractivity contribution >= 4 is 24.8 Å². The van der Waals surface area contributed by atoms with Crippen molar-refractivity contribution in [3.8, 4) is 28.7 Å². The van der Waals surface area contributed by atoms with Crippen LogP contribution in [0.4, 0.5) is 14.5 Å². The highest BCUT2D eigenvalue weighted by atomic mass is 28.3. The number of nitro groups is 1. The van der Waals surface area contributed by atoms with Crippen LogP contribution in [0.5, 0.6) is 11.5 Å². The molecule has 12 heteroatoms. The summed E-state index contributed by atoms with van der Waals surface area (Å²) in [5.74, 6) is -3.15. The molecule has 9 nitrogen and oxygen atoms in total. The molecule has 0 saturated carbocycles. The fourth-order valence-corrected chi connectivity index (χ4v) is 4.41. The molecule has 0 aliphatic carbocycles. The third-order valence-corrected chi connectivity index (χ3v) is 7.24. The minimum Gasteiger partial charge on any atom is -0.450 e. The summed E-state index contributed by atoms with van der Waals surface area (Å²) in [5.41, 5.74) is 1.07. The highest BCUT2D eigenvalue weighted by molar-refractivity contribution is 6.76. The van der Waals surface area contributed by atoms with Crippen molar-refractivity contribution in [2.75, 3.05) is 6.61 Å². The van der Waals surface area contributed by atoms with Crippen molar-refractivity contribution in [2.24, 2.45) is 0 Å². The minimum absolute atomic E-state index is 0.0721. The van der Waals surface area contributed by atoms with Crippen molar-refractivity contribution < 1.29 is 23.2 Å². The first-order valence-electron chi connectivity index (χ1n) is 11.3. The lowest BCUT2D eigenvalue weighted by Crippen LogP contribution is -2.22. The number of hydrogen-bond acceptors (Lipinski definition) is 7. The third-order valence-electron chi connectivity index (χ3n) is 5.54. The van der Waals surface area contributed by atoms with Gasteiger partial charge in [0.1, 0.15) is 29.9 Å². The first kappa shape index (κ1) is 25.9. The predicted molar refractivity (Wildman–Crippen MR) is 135 cm³/mol. The van der Waals surface area contributed by atoms with Gasteiger partial charge in [0, 0.05) is 38.8 Å². The molecule has 0 radical (unpaired) electrons. The summed E-state index contributed by atoms with van der Waals surface area (Å²) in [4.78, 5) is 18.5. The van der Waals surface area contributed by atoms with Crippen LogP contribution in [0.1, 0.15) is 5.69 Å². The normalized spacial score (nSPS) is 11.5. The number of rotatable bonds is 9. The SMILES string of the molecule is C[Si](C)(C)CCOCn1cc(-c2ccnc(C#N)c2)c2c(Oc3c(F)cc([N+](=O)[O-])cc3F)ccnc21. The highest BCUT2D eigenvalue weighted by Crippen LogP contribution is 2.40. The topological polar surface area (TPSA) is 116 Å². The Morgan fingerprint density at radius 2 is 1.84 bits per heavy atom. The number of non-ortho nitro benzene ring substituents is 1. The van der Waals surface area contributed by atoms with Crippen molar-refractivity contribution in [1.29, 1.82) is 5.26 Å². The summed E-state index contributed by atoms with van der Waals surface area (Å²) in [6, 6.07) is 8.86. The number of nitro benzene ring substituents is 1. The second-order valence-corrected chi connectivity index (χ2v) is 15.1. The van der Waals surface area contributed by atoms with E-state index >= 15 is 0 Å². The average molecular weight is 524 g/mol. The Hall–Kier alpha value is -4.21. The van der Waals surface area contributed by atoms with Crippen LogP contribution in [0.2, 0.25) is 25.7 Å². The van der Waals surface area contributed by atoms with Crippen molar-refractivity contribution in [2.45, 2.75) is 32.4 Å². The Balaban J connectivity index is 1.81. The van der Waals surface area contributed by atoms with Crippen molar-refractivity contribution in [3.05, 3.63) is 76.4 Å². The summed E-state index contributed by atoms with van der Waals surface area (Å²) < 4.78 is 42.6. The molecule has 0 amide bonds. The molecule has 1 aromatic carbocycles. The van der Waals surface area contributed by atoms with Gasteiger partial charge in [-0.25, -0.2) is 18.7 Å². The van der Waals surface area contributed by atoms with E-state index in [1.807, 2.05) is 6.07 Å². The van der Waals surface area contributed by atoms with Crippen LogP contribution in [0.15, 0.2) is 48.9 Å². The van der Waals surface area contributed by atoms with Gasteiger partial charge in [-0.2, -0.15) is 5.26 Å². The number of ether oxygens (including phenoxy) is 2. The fraction of sp³-hybridized carbons (Fsp3) is 0.240. The molecular weight excluding hydrogens is 500 g/mol. The zero-order valence-corrected chi connectivity index (χ0v) is 21.4. The number of nitrogens with zero attached hydrogens (tertiary/aromatic N) is 5. The molecule has 0 bridgehead atoms. The van der Waals surface area contributed by atoms with E-state index < -0.39 is 36.1 Å². The Morgan fingerprint density at radius 3 is 2.49 bits per heavy atom. The summed E-state index contributed by atoms with van der Waals surface area (Å²) in [5, 5.41) is 20.7. The van der Waals surface area contributed by atoms with Gasteiger partial charge >= 0.3 is 0 Å². The standard InChI is InChI=1S/C25H23F2N5O4Si/c1-37(2,3)9-8-35-15-31-14-19(16-4-6-29-17(10-16)13-28)23-22(5-7-30-25(23)31)36-24-20(26)11-18(32(33)34)12-21(24)27/h4-7,10-12,14H,8-9,15H2,1-3H3. The van der Waals surface area contributed by atoms with E-state index in [0.717, 1.165) is 6.04 Å². The monoisotopic (exact) mass is 523 g/mol. The number of aromatic nitrogens is 3. The molecule has 0 fully saturated rings. The Labute approximate surface area is 212 Å². The average Bonchev–Trinajstić information content (AvgIpc) is 3.23. The van der Waals surface area contributed by atoms with Gasteiger partial charge in [0.2, 0.25) is 0 Å². The summed E-state index contributed by atoms with van der Waals surface area (Å²) in [7, 11) is -1.30. The van der Waals surface area contributed by atoms with Crippen LogP contribution in [0.3, 0.4) is 0 Å². The molecule has 3 heterocycles. The molecule has 0 aliphatic heterocycles. The molecule has 0 aliphatic rings. The van der Waals surface area contributed by atoms with Crippen LogP contribution < -0.4 is 4.74 Å². The number of nitriles is 1. The lowest BCUT2D eigenvalue weighted by molar-refractivity contribution is -0.385. The summed E-state index contributed by atoms with van der Waals surface area (Å²) >= 11 is 0. The second kappa shape index (κ2) is 10.4. The molecule has 0 spiro atoms. The molecule has 0 unspecified atom stereocenters. The van der Waals surface area contributed by atoms with Crippen LogP contribution in [-0.2, 0) is 11.5 Å². The maximum absolute atomic E-state index is 14.6. The molecule has 0 atom stereocenters. The van der Waals surface area contributed by atoms with Gasteiger partial charge in [0.15, 0.2) is 17.4 Å². The summed E-state index contributed by atoms with van der Waals surface area (Å²) in [6.45, 7) is 7.48. The van der Waals surface area contributed by atoms with Crippen molar-refractivity contribution in [3.63, 3.8) is 0 Å². The third kappa shape index (κ3) is 5.79. The van der Waals surface area contributed by atoms with Crippen LogP contribution >= 0.6 is 0 Å². The molecule has 3 aromatic heterocycles.